The van der Waals surface area contributed by atoms with Crippen LogP contribution in [0.3, 0.4) is 0 Å². The van der Waals surface area contributed by atoms with E-state index in [9.17, 15) is 0 Å². The van der Waals surface area contributed by atoms with Crippen LogP contribution in [0.1, 0.15) is 66.7 Å². The topological polar surface area (TPSA) is 12.0 Å². The van der Waals surface area contributed by atoms with Crippen LogP contribution >= 0.6 is 0 Å². The number of rotatable bonds is 1. The highest BCUT2D eigenvalue weighted by Gasteiger charge is 2.23. The molecule has 0 amide bonds. The molecule has 3 aliphatic rings. The molecule has 0 aromatic rings. The van der Waals surface area contributed by atoms with Crippen LogP contribution < -0.4 is 5.32 Å². The summed E-state index contributed by atoms with van der Waals surface area (Å²) >= 11 is 0. The molecule has 0 spiro atoms. The van der Waals surface area contributed by atoms with E-state index in [-0.39, 0.29) is 0 Å². The molecule has 102 valence electrons. The molecule has 17 heavy (non-hydrogen) atoms. The Morgan fingerprint density at radius 3 is 1.59 bits per heavy atom. The maximum Gasteiger partial charge on any atom is -0.00204 e. The molecule has 1 saturated carbocycles. The monoisotopic (exact) mass is 239 g/mol. The maximum absolute atomic E-state index is 3.51. The summed E-state index contributed by atoms with van der Waals surface area (Å²) < 4.78 is 0. The fourth-order valence-electron chi connectivity index (χ4n) is 3.36. The van der Waals surface area contributed by atoms with Gasteiger partial charge >= 0.3 is 0 Å². The van der Waals surface area contributed by atoms with E-state index >= 15 is 0 Å². The second-order valence-corrected chi connectivity index (χ2v) is 7.70. The van der Waals surface area contributed by atoms with Crippen molar-refractivity contribution in [3.8, 4) is 0 Å². The highest BCUT2D eigenvalue weighted by molar-refractivity contribution is 4.79. The van der Waals surface area contributed by atoms with Crippen molar-refractivity contribution in [2.24, 2.45) is 23.2 Å². The van der Waals surface area contributed by atoms with Crippen molar-refractivity contribution in [3.63, 3.8) is 0 Å². The van der Waals surface area contributed by atoms with Crippen molar-refractivity contribution in [3.05, 3.63) is 0 Å². The zero-order valence-corrected chi connectivity index (χ0v) is 12.7. The third kappa shape index (κ3) is 7.08. The second kappa shape index (κ2) is 6.78. The lowest BCUT2D eigenvalue weighted by atomic mass is 9.84. The van der Waals surface area contributed by atoms with Crippen molar-refractivity contribution in [1.82, 2.24) is 5.32 Å². The average molecular weight is 239 g/mol. The van der Waals surface area contributed by atoms with E-state index in [0.717, 1.165) is 17.8 Å². The molecular formula is C16H33N. The first-order chi connectivity index (χ1) is 7.87. The van der Waals surface area contributed by atoms with Crippen LogP contribution in [-0.2, 0) is 0 Å². The van der Waals surface area contributed by atoms with Gasteiger partial charge in [-0.25, -0.2) is 0 Å². The van der Waals surface area contributed by atoms with Crippen molar-refractivity contribution in [2.75, 3.05) is 13.1 Å². The Labute approximate surface area is 109 Å². The molecule has 3 rings (SSSR count). The lowest BCUT2D eigenvalue weighted by Crippen LogP contribution is -2.19. The molecule has 0 atom stereocenters. The van der Waals surface area contributed by atoms with Crippen molar-refractivity contribution < 1.29 is 0 Å². The molecule has 2 bridgehead atoms. The Balaban J connectivity index is 0.000000172. The van der Waals surface area contributed by atoms with E-state index in [1.165, 1.54) is 45.2 Å². The Kier molecular flexibility index (Phi) is 5.99. The molecule has 2 saturated heterocycles. The fraction of sp³-hybridized carbons (Fsp3) is 1.00. The number of nitrogens with one attached hydrogen (secondary N) is 1. The van der Waals surface area contributed by atoms with E-state index in [0.29, 0.717) is 5.41 Å². The minimum absolute atomic E-state index is 0.522. The highest BCUT2D eigenvalue weighted by atomic mass is 14.9. The van der Waals surface area contributed by atoms with Gasteiger partial charge in [-0.3, -0.25) is 0 Å². The maximum atomic E-state index is 3.51. The zero-order chi connectivity index (χ0) is 12.9. The van der Waals surface area contributed by atoms with Crippen LogP contribution in [0.5, 0.6) is 0 Å². The Morgan fingerprint density at radius 1 is 0.941 bits per heavy atom. The van der Waals surface area contributed by atoms with Gasteiger partial charge in [0.2, 0.25) is 0 Å². The molecule has 3 fully saturated rings. The first-order valence-corrected chi connectivity index (χ1v) is 7.57. The molecular weight excluding hydrogens is 206 g/mol. The standard InChI is InChI=1S/C8H15N.C8H18/c1-2-8-4-3-7(1)5-9-6-8;1-7(2)6-8(3,4)5/h7-9H,1-6H2;7H,6H2,1-5H3. The minimum atomic E-state index is 0.522. The van der Waals surface area contributed by atoms with Crippen LogP contribution in [-0.4, -0.2) is 13.1 Å². The highest BCUT2D eigenvalue weighted by Crippen LogP contribution is 2.30. The van der Waals surface area contributed by atoms with Crippen LogP contribution in [0.15, 0.2) is 0 Å². The van der Waals surface area contributed by atoms with Gasteiger partial charge in [0.1, 0.15) is 0 Å². The van der Waals surface area contributed by atoms with Gasteiger partial charge < -0.3 is 5.32 Å². The summed E-state index contributed by atoms with van der Waals surface area (Å²) in [5, 5.41) is 3.51. The fourth-order valence-corrected chi connectivity index (χ4v) is 3.36. The molecule has 0 aromatic heterocycles. The van der Waals surface area contributed by atoms with Gasteiger partial charge in [0.15, 0.2) is 0 Å². The molecule has 0 aromatic carbocycles. The molecule has 1 N–H and O–H groups in total. The van der Waals surface area contributed by atoms with E-state index in [2.05, 4.69) is 39.9 Å². The largest absolute Gasteiger partial charge is 0.316 e. The van der Waals surface area contributed by atoms with E-state index in [1.54, 1.807) is 0 Å². The molecule has 1 heteroatoms. The third-order valence-corrected chi connectivity index (χ3v) is 3.85. The number of hydrogen-bond donors (Lipinski definition) is 1. The summed E-state index contributed by atoms with van der Waals surface area (Å²) in [6.07, 6.45) is 7.32. The van der Waals surface area contributed by atoms with Gasteiger partial charge in [-0.2, -0.15) is 0 Å². The van der Waals surface area contributed by atoms with E-state index < -0.39 is 0 Å². The Bertz CT molecular complexity index is 177. The summed E-state index contributed by atoms with van der Waals surface area (Å²) in [5.74, 6) is 2.91. The van der Waals surface area contributed by atoms with Crippen molar-refractivity contribution in [2.45, 2.75) is 66.7 Å². The first-order valence-electron chi connectivity index (χ1n) is 7.57. The molecule has 1 aliphatic carbocycles. The Hall–Kier alpha value is -0.0400. The van der Waals surface area contributed by atoms with Crippen LogP contribution in [0, 0.1) is 23.2 Å². The predicted molar refractivity (Wildman–Crippen MR) is 77.2 cm³/mol. The Morgan fingerprint density at radius 2 is 1.35 bits per heavy atom. The van der Waals surface area contributed by atoms with E-state index in [4.69, 9.17) is 0 Å². The quantitative estimate of drug-likeness (QED) is 0.711. The lowest BCUT2D eigenvalue weighted by molar-refractivity contribution is 0.320. The molecule has 2 heterocycles. The minimum Gasteiger partial charge on any atom is -0.316 e. The van der Waals surface area contributed by atoms with E-state index in [1.807, 2.05) is 0 Å². The van der Waals surface area contributed by atoms with Crippen LogP contribution in [0.2, 0.25) is 0 Å². The van der Waals surface area contributed by atoms with Crippen LogP contribution in [0.4, 0.5) is 0 Å². The molecule has 1 nitrogen and oxygen atoms in total. The van der Waals surface area contributed by atoms with Crippen LogP contribution in [0.25, 0.3) is 0 Å². The van der Waals surface area contributed by atoms with Crippen molar-refractivity contribution >= 4 is 0 Å². The molecule has 0 unspecified atom stereocenters. The zero-order valence-electron chi connectivity index (χ0n) is 12.7. The van der Waals surface area contributed by atoms with Gasteiger partial charge in [0.25, 0.3) is 0 Å². The third-order valence-electron chi connectivity index (χ3n) is 3.85. The van der Waals surface area contributed by atoms with Gasteiger partial charge in [0, 0.05) is 0 Å². The lowest BCUT2D eigenvalue weighted by Gasteiger charge is -2.21. The SMILES string of the molecule is C1CC2CCC1CNC2.CC(C)CC(C)(C)C. The van der Waals surface area contributed by atoms with Gasteiger partial charge in [-0.15, -0.1) is 0 Å². The smallest absolute Gasteiger partial charge is 0.00204 e. The average Bonchev–Trinajstić information content (AvgIpc) is 2.50. The normalized spacial score (nSPS) is 28.6. The summed E-state index contributed by atoms with van der Waals surface area (Å²) in [6, 6.07) is 0. The van der Waals surface area contributed by atoms with Gasteiger partial charge in [-0.1, -0.05) is 34.6 Å². The predicted octanol–water partition coefficient (Wildman–Crippen LogP) is 4.47. The summed E-state index contributed by atoms with van der Waals surface area (Å²) in [4.78, 5) is 0. The van der Waals surface area contributed by atoms with Crippen molar-refractivity contribution in [1.29, 1.82) is 0 Å². The second-order valence-electron chi connectivity index (χ2n) is 7.70. The van der Waals surface area contributed by atoms with Gasteiger partial charge in [0.05, 0.1) is 0 Å². The molecule has 2 aliphatic heterocycles. The van der Waals surface area contributed by atoms with Gasteiger partial charge in [-0.05, 0) is 68.4 Å². The number of fused-ring (bicyclic) bond motifs is 4. The summed E-state index contributed by atoms with van der Waals surface area (Å²) in [5.41, 5.74) is 0.522. The summed E-state index contributed by atoms with van der Waals surface area (Å²) in [7, 11) is 0. The summed E-state index contributed by atoms with van der Waals surface area (Å²) in [6.45, 7) is 14.0. The number of hydrogen-bond acceptors (Lipinski definition) is 1. The first kappa shape index (κ1) is 15.0. The molecule has 0 radical (unpaired) electrons.